The summed E-state index contributed by atoms with van der Waals surface area (Å²) in [6.45, 7) is 5.08. The minimum Gasteiger partial charge on any atom is -0.495 e. The van der Waals surface area contributed by atoms with Crippen LogP contribution in [0, 0.1) is 6.92 Å². The quantitative estimate of drug-likeness (QED) is 0.877. The fraction of sp³-hybridized carbons (Fsp3) is 0.375. The molecule has 0 fully saturated rings. The fourth-order valence-electron chi connectivity index (χ4n) is 2.24. The summed E-state index contributed by atoms with van der Waals surface area (Å²) < 4.78 is 5.44. The number of nitrogens with one attached hydrogen (secondary N) is 1. The number of rotatable bonds is 6. The zero-order valence-electron chi connectivity index (χ0n) is 12.3. The maximum Gasteiger partial charge on any atom is 0.142 e. The molecule has 0 aliphatic rings. The summed E-state index contributed by atoms with van der Waals surface area (Å²) >= 11 is 0. The van der Waals surface area contributed by atoms with Gasteiger partial charge in [0.1, 0.15) is 11.4 Å². The Morgan fingerprint density at radius 3 is 2.65 bits per heavy atom. The molecule has 0 aromatic carbocycles. The van der Waals surface area contributed by atoms with Gasteiger partial charge in [-0.1, -0.05) is 13.0 Å². The molecule has 1 N–H and O–H groups in total. The van der Waals surface area contributed by atoms with E-state index in [1.54, 1.807) is 13.3 Å². The summed E-state index contributed by atoms with van der Waals surface area (Å²) in [7, 11) is 1.67. The van der Waals surface area contributed by atoms with E-state index >= 15 is 0 Å². The second-order valence-corrected chi connectivity index (χ2v) is 4.66. The first kappa shape index (κ1) is 14.5. The summed E-state index contributed by atoms with van der Waals surface area (Å²) in [6, 6.07) is 7.87. The molecule has 4 nitrogen and oxygen atoms in total. The maximum absolute atomic E-state index is 5.44. The monoisotopic (exact) mass is 271 g/mol. The standard InChI is InChI=1S/C16H21N3O/c1-4-9-18-15(13-7-5-10-17-12(13)2)16-14(20-3)8-6-11-19-16/h5-8,10-11,15,18H,4,9H2,1-3H3. The Morgan fingerprint density at radius 2 is 1.95 bits per heavy atom. The number of hydrogen-bond acceptors (Lipinski definition) is 4. The van der Waals surface area contributed by atoms with Crippen LogP contribution in [0.4, 0.5) is 0 Å². The van der Waals surface area contributed by atoms with Crippen molar-refractivity contribution in [1.29, 1.82) is 0 Å². The Kier molecular flexibility index (Phi) is 5.07. The predicted molar refractivity (Wildman–Crippen MR) is 79.9 cm³/mol. The van der Waals surface area contributed by atoms with Gasteiger partial charge in [0.05, 0.1) is 13.2 Å². The van der Waals surface area contributed by atoms with Gasteiger partial charge in [-0.15, -0.1) is 0 Å². The van der Waals surface area contributed by atoms with Crippen molar-refractivity contribution in [3.05, 3.63) is 53.6 Å². The maximum atomic E-state index is 5.44. The van der Waals surface area contributed by atoms with Gasteiger partial charge in [0, 0.05) is 18.1 Å². The highest BCUT2D eigenvalue weighted by Gasteiger charge is 2.20. The van der Waals surface area contributed by atoms with Crippen molar-refractivity contribution in [2.45, 2.75) is 26.3 Å². The average Bonchev–Trinajstić information content (AvgIpc) is 2.49. The SMILES string of the molecule is CCCNC(c1cccnc1C)c1ncccc1OC. The van der Waals surface area contributed by atoms with Crippen LogP contribution in [-0.2, 0) is 0 Å². The zero-order chi connectivity index (χ0) is 14.4. The zero-order valence-corrected chi connectivity index (χ0v) is 12.3. The van der Waals surface area contributed by atoms with Crippen molar-refractivity contribution in [2.75, 3.05) is 13.7 Å². The molecule has 2 aromatic rings. The predicted octanol–water partition coefficient (Wildman–Crippen LogP) is 2.88. The second-order valence-electron chi connectivity index (χ2n) is 4.66. The number of aromatic nitrogens is 2. The lowest BCUT2D eigenvalue weighted by Crippen LogP contribution is -2.25. The molecule has 1 unspecified atom stereocenters. The Bertz CT molecular complexity index is 557. The van der Waals surface area contributed by atoms with Gasteiger partial charge in [-0.05, 0) is 43.7 Å². The van der Waals surface area contributed by atoms with Gasteiger partial charge in [-0.25, -0.2) is 0 Å². The highest BCUT2D eigenvalue weighted by atomic mass is 16.5. The van der Waals surface area contributed by atoms with E-state index in [4.69, 9.17) is 4.74 Å². The van der Waals surface area contributed by atoms with Crippen molar-refractivity contribution in [3.8, 4) is 5.75 Å². The Morgan fingerprint density at radius 1 is 1.20 bits per heavy atom. The lowest BCUT2D eigenvalue weighted by atomic mass is 10.0. The van der Waals surface area contributed by atoms with Crippen molar-refractivity contribution in [3.63, 3.8) is 0 Å². The largest absolute Gasteiger partial charge is 0.495 e. The van der Waals surface area contributed by atoms with Gasteiger partial charge in [0.2, 0.25) is 0 Å². The molecule has 0 aliphatic carbocycles. The van der Waals surface area contributed by atoms with E-state index in [2.05, 4.69) is 28.3 Å². The van der Waals surface area contributed by atoms with Crippen LogP contribution in [0.3, 0.4) is 0 Å². The molecule has 0 saturated carbocycles. The van der Waals surface area contributed by atoms with E-state index < -0.39 is 0 Å². The topological polar surface area (TPSA) is 47.0 Å². The van der Waals surface area contributed by atoms with E-state index in [-0.39, 0.29) is 6.04 Å². The fourth-order valence-corrected chi connectivity index (χ4v) is 2.24. The van der Waals surface area contributed by atoms with Gasteiger partial charge in [0.25, 0.3) is 0 Å². The highest BCUT2D eigenvalue weighted by molar-refractivity contribution is 5.38. The first-order valence-corrected chi connectivity index (χ1v) is 6.91. The first-order valence-electron chi connectivity index (χ1n) is 6.91. The van der Waals surface area contributed by atoms with E-state index in [0.717, 1.165) is 35.7 Å². The van der Waals surface area contributed by atoms with E-state index in [1.165, 1.54) is 0 Å². The van der Waals surface area contributed by atoms with Crippen molar-refractivity contribution < 1.29 is 4.74 Å². The van der Waals surface area contributed by atoms with Crippen LogP contribution in [0.1, 0.15) is 36.3 Å². The van der Waals surface area contributed by atoms with Gasteiger partial charge in [0.15, 0.2) is 0 Å². The van der Waals surface area contributed by atoms with E-state index in [0.29, 0.717) is 0 Å². The molecular formula is C16H21N3O. The minimum atomic E-state index is -0.000185. The molecule has 4 heteroatoms. The van der Waals surface area contributed by atoms with Crippen LogP contribution in [0.5, 0.6) is 5.75 Å². The van der Waals surface area contributed by atoms with Crippen LogP contribution in [0.15, 0.2) is 36.7 Å². The normalized spacial score (nSPS) is 12.2. The molecule has 0 bridgehead atoms. The third-order valence-electron chi connectivity index (χ3n) is 3.25. The molecule has 2 aromatic heterocycles. The van der Waals surface area contributed by atoms with Gasteiger partial charge >= 0.3 is 0 Å². The van der Waals surface area contributed by atoms with Gasteiger partial charge < -0.3 is 10.1 Å². The molecular weight excluding hydrogens is 250 g/mol. The highest BCUT2D eigenvalue weighted by Crippen LogP contribution is 2.28. The van der Waals surface area contributed by atoms with Crippen molar-refractivity contribution in [1.82, 2.24) is 15.3 Å². The molecule has 106 valence electrons. The van der Waals surface area contributed by atoms with Crippen molar-refractivity contribution >= 4 is 0 Å². The number of nitrogens with zero attached hydrogens (tertiary/aromatic N) is 2. The lowest BCUT2D eigenvalue weighted by Gasteiger charge is -2.21. The molecule has 0 saturated heterocycles. The molecule has 1 atom stereocenters. The van der Waals surface area contributed by atoms with Gasteiger partial charge in [-0.3, -0.25) is 9.97 Å². The van der Waals surface area contributed by atoms with Crippen LogP contribution in [0.2, 0.25) is 0 Å². The summed E-state index contributed by atoms with van der Waals surface area (Å²) in [5.41, 5.74) is 3.05. The first-order chi connectivity index (χ1) is 9.77. The van der Waals surface area contributed by atoms with Crippen LogP contribution >= 0.6 is 0 Å². The third-order valence-corrected chi connectivity index (χ3v) is 3.25. The summed E-state index contributed by atoms with van der Waals surface area (Å²) in [6.07, 6.45) is 4.67. The molecule has 0 spiro atoms. The summed E-state index contributed by atoms with van der Waals surface area (Å²) in [5, 5.41) is 3.54. The summed E-state index contributed by atoms with van der Waals surface area (Å²) in [5.74, 6) is 0.796. The molecule has 0 aliphatic heterocycles. The number of hydrogen-bond donors (Lipinski definition) is 1. The number of pyridine rings is 2. The number of aryl methyl sites for hydroxylation is 1. The summed E-state index contributed by atoms with van der Waals surface area (Å²) in [4.78, 5) is 8.89. The van der Waals surface area contributed by atoms with Crippen LogP contribution in [0.25, 0.3) is 0 Å². The Hall–Kier alpha value is -1.94. The third kappa shape index (κ3) is 3.14. The van der Waals surface area contributed by atoms with E-state index in [9.17, 15) is 0 Å². The Balaban J connectivity index is 2.44. The smallest absolute Gasteiger partial charge is 0.142 e. The Labute approximate surface area is 120 Å². The van der Waals surface area contributed by atoms with Crippen LogP contribution < -0.4 is 10.1 Å². The van der Waals surface area contributed by atoms with Crippen LogP contribution in [-0.4, -0.2) is 23.6 Å². The number of methoxy groups -OCH3 is 1. The molecule has 20 heavy (non-hydrogen) atoms. The molecule has 0 amide bonds. The lowest BCUT2D eigenvalue weighted by molar-refractivity contribution is 0.399. The second kappa shape index (κ2) is 7.01. The van der Waals surface area contributed by atoms with Crippen molar-refractivity contribution in [2.24, 2.45) is 0 Å². The average molecular weight is 271 g/mol. The molecule has 2 rings (SSSR count). The number of ether oxygens (including phenoxy) is 1. The minimum absolute atomic E-state index is 0.000185. The van der Waals surface area contributed by atoms with E-state index in [1.807, 2.05) is 31.3 Å². The van der Waals surface area contributed by atoms with Gasteiger partial charge in [-0.2, -0.15) is 0 Å². The molecule has 0 radical (unpaired) electrons. The molecule has 2 heterocycles.